The number of rotatable bonds is 7. The minimum absolute atomic E-state index is 0.128. The number of amides is 1. The summed E-state index contributed by atoms with van der Waals surface area (Å²) in [4.78, 5) is 12.4. The van der Waals surface area contributed by atoms with Crippen LogP contribution in [0.3, 0.4) is 0 Å². The number of benzene rings is 1. The summed E-state index contributed by atoms with van der Waals surface area (Å²) < 4.78 is 11.0. The molecule has 0 spiro atoms. The highest BCUT2D eigenvalue weighted by Gasteiger charge is 2.19. The average molecular weight is 341 g/mol. The minimum Gasteiger partial charge on any atom is -0.493 e. The van der Waals surface area contributed by atoms with Gasteiger partial charge in [-0.05, 0) is 44.5 Å². The van der Waals surface area contributed by atoms with Gasteiger partial charge in [0.25, 0.3) is 5.91 Å². The second-order valence-corrected chi connectivity index (χ2v) is 6.10. The molecule has 1 aliphatic rings. The maximum absolute atomic E-state index is 12.4. The van der Waals surface area contributed by atoms with Gasteiger partial charge in [-0.25, -0.2) is 0 Å². The van der Waals surface area contributed by atoms with E-state index in [1.807, 2.05) is 0 Å². The van der Waals surface area contributed by atoms with Crippen LogP contribution in [0, 0.1) is 0 Å². The van der Waals surface area contributed by atoms with Crippen LogP contribution >= 0.6 is 11.6 Å². The van der Waals surface area contributed by atoms with E-state index in [0.717, 1.165) is 38.8 Å². The molecule has 2 N–H and O–H groups in total. The molecule has 0 bridgehead atoms. The number of hydrogen-bond donors (Lipinski definition) is 2. The first-order valence-corrected chi connectivity index (χ1v) is 8.55. The molecule has 0 unspecified atom stereocenters. The molecule has 5 nitrogen and oxygen atoms in total. The number of piperidine rings is 1. The van der Waals surface area contributed by atoms with Gasteiger partial charge in [0.05, 0.1) is 18.7 Å². The summed E-state index contributed by atoms with van der Waals surface area (Å²) >= 11 is 6.28. The smallest absolute Gasteiger partial charge is 0.251 e. The van der Waals surface area contributed by atoms with Gasteiger partial charge in [0, 0.05) is 11.6 Å². The first-order valence-electron chi connectivity index (χ1n) is 8.17. The molecule has 1 saturated heterocycles. The highest BCUT2D eigenvalue weighted by atomic mass is 35.5. The van der Waals surface area contributed by atoms with E-state index in [1.165, 1.54) is 0 Å². The van der Waals surface area contributed by atoms with Crippen LogP contribution in [0.1, 0.15) is 43.0 Å². The number of methoxy groups -OCH3 is 1. The number of nitrogens with one attached hydrogen (secondary N) is 2. The second-order valence-electron chi connectivity index (χ2n) is 5.69. The van der Waals surface area contributed by atoms with Gasteiger partial charge in [0.1, 0.15) is 0 Å². The molecule has 23 heavy (non-hydrogen) atoms. The van der Waals surface area contributed by atoms with Gasteiger partial charge in [-0.1, -0.05) is 24.9 Å². The van der Waals surface area contributed by atoms with E-state index in [1.54, 1.807) is 19.2 Å². The van der Waals surface area contributed by atoms with Crippen LogP contribution in [0.4, 0.5) is 0 Å². The number of ether oxygens (including phenoxy) is 2. The fourth-order valence-electron chi connectivity index (χ4n) is 2.54. The molecule has 0 atom stereocenters. The van der Waals surface area contributed by atoms with Gasteiger partial charge >= 0.3 is 0 Å². The van der Waals surface area contributed by atoms with Crippen molar-refractivity contribution in [2.75, 3.05) is 26.8 Å². The van der Waals surface area contributed by atoms with Crippen LogP contribution in [0.15, 0.2) is 12.1 Å². The lowest BCUT2D eigenvalue weighted by Crippen LogP contribution is -2.42. The fourth-order valence-corrected chi connectivity index (χ4v) is 2.81. The van der Waals surface area contributed by atoms with E-state index in [9.17, 15) is 4.79 Å². The van der Waals surface area contributed by atoms with E-state index in [2.05, 4.69) is 17.6 Å². The highest BCUT2D eigenvalue weighted by Crippen LogP contribution is 2.36. The van der Waals surface area contributed by atoms with Crippen molar-refractivity contribution < 1.29 is 14.3 Å². The Balaban J connectivity index is 2.09. The lowest BCUT2D eigenvalue weighted by molar-refractivity contribution is 0.0929. The first-order chi connectivity index (χ1) is 11.2. The molecule has 1 aromatic carbocycles. The normalized spacial score (nSPS) is 15.3. The van der Waals surface area contributed by atoms with E-state index in [-0.39, 0.29) is 11.9 Å². The maximum Gasteiger partial charge on any atom is 0.251 e. The van der Waals surface area contributed by atoms with Crippen molar-refractivity contribution in [3.63, 3.8) is 0 Å². The van der Waals surface area contributed by atoms with Crippen molar-refractivity contribution >= 4 is 17.5 Å². The van der Waals surface area contributed by atoms with Crippen molar-refractivity contribution in [3.05, 3.63) is 22.7 Å². The Labute approximate surface area is 142 Å². The second kappa shape index (κ2) is 8.99. The SMILES string of the molecule is CCCCOc1c(Cl)cc(C(=O)NC2CCNCC2)cc1OC. The third-order valence-corrected chi connectivity index (χ3v) is 4.19. The topological polar surface area (TPSA) is 59.6 Å². The number of carbonyl (C=O) groups excluding carboxylic acids is 1. The standard InChI is InChI=1S/C17H25ClN2O3/c1-3-4-9-23-16-14(18)10-12(11-15(16)22-2)17(21)20-13-5-7-19-8-6-13/h10-11,13,19H,3-9H2,1-2H3,(H,20,21). The first kappa shape index (κ1) is 17.9. The van der Waals surface area contributed by atoms with Gasteiger partial charge in [-0.3, -0.25) is 4.79 Å². The lowest BCUT2D eigenvalue weighted by Gasteiger charge is -2.24. The van der Waals surface area contributed by atoms with Gasteiger partial charge < -0.3 is 20.1 Å². The Bertz CT molecular complexity index is 531. The van der Waals surface area contributed by atoms with Gasteiger partial charge in [0.2, 0.25) is 0 Å². The minimum atomic E-state index is -0.128. The zero-order valence-corrected chi connectivity index (χ0v) is 14.5. The Morgan fingerprint density at radius 3 is 2.78 bits per heavy atom. The zero-order chi connectivity index (χ0) is 16.7. The Kier molecular flexibility index (Phi) is 6.99. The molecule has 2 rings (SSSR count). The molecule has 128 valence electrons. The van der Waals surface area contributed by atoms with E-state index in [0.29, 0.717) is 28.7 Å². The summed E-state index contributed by atoms with van der Waals surface area (Å²) in [7, 11) is 1.55. The fraction of sp³-hybridized carbons (Fsp3) is 0.588. The Morgan fingerprint density at radius 2 is 2.13 bits per heavy atom. The maximum atomic E-state index is 12.4. The molecule has 0 radical (unpaired) electrons. The molecule has 1 fully saturated rings. The van der Waals surface area contributed by atoms with Gasteiger partial charge in [-0.15, -0.1) is 0 Å². The lowest BCUT2D eigenvalue weighted by atomic mass is 10.1. The quantitative estimate of drug-likeness (QED) is 0.749. The molecular formula is C17H25ClN2O3. The van der Waals surface area contributed by atoms with E-state index < -0.39 is 0 Å². The van der Waals surface area contributed by atoms with Crippen molar-refractivity contribution in [1.82, 2.24) is 10.6 Å². The molecule has 6 heteroatoms. The molecule has 1 aromatic rings. The number of carbonyl (C=O) groups is 1. The third kappa shape index (κ3) is 5.01. The predicted molar refractivity (Wildman–Crippen MR) is 91.8 cm³/mol. The number of unbranched alkanes of at least 4 members (excludes halogenated alkanes) is 1. The summed E-state index contributed by atoms with van der Waals surface area (Å²) in [5.74, 6) is 0.863. The molecule has 1 aliphatic heterocycles. The van der Waals surface area contributed by atoms with Crippen LogP contribution in [0.2, 0.25) is 5.02 Å². The van der Waals surface area contributed by atoms with Crippen molar-refractivity contribution in [3.8, 4) is 11.5 Å². The predicted octanol–water partition coefficient (Wildman–Crippen LogP) is 3.01. The highest BCUT2D eigenvalue weighted by molar-refractivity contribution is 6.32. The molecule has 1 amide bonds. The van der Waals surface area contributed by atoms with Crippen molar-refractivity contribution in [2.45, 2.75) is 38.6 Å². The number of hydrogen-bond acceptors (Lipinski definition) is 4. The summed E-state index contributed by atoms with van der Waals surface area (Å²) in [6.45, 7) is 4.53. The molecule has 0 aromatic heterocycles. The van der Waals surface area contributed by atoms with Crippen LogP contribution in [0.5, 0.6) is 11.5 Å². The Morgan fingerprint density at radius 1 is 1.39 bits per heavy atom. The molecule has 1 heterocycles. The molecule has 0 saturated carbocycles. The van der Waals surface area contributed by atoms with Crippen LogP contribution in [0.25, 0.3) is 0 Å². The molecule has 0 aliphatic carbocycles. The average Bonchev–Trinajstić information content (AvgIpc) is 2.57. The Hall–Kier alpha value is -1.46. The van der Waals surface area contributed by atoms with Crippen molar-refractivity contribution in [1.29, 1.82) is 0 Å². The van der Waals surface area contributed by atoms with Crippen LogP contribution in [-0.4, -0.2) is 38.8 Å². The summed E-state index contributed by atoms with van der Waals surface area (Å²) in [5, 5.41) is 6.73. The van der Waals surface area contributed by atoms with E-state index >= 15 is 0 Å². The largest absolute Gasteiger partial charge is 0.493 e. The summed E-state index contributed by atoms with van der Waals surface area (Å²) in [6.07, 6.45) is 3.86. The summed E-state index contributed by atoms with van der Waals surface area (Å²) in [6, 6.07) is 3.53. The van der Waals surface area contributed by atoms with Gasteiger partial charge in [0.15, 0.2) is 11.5 Å². The third-order valence-electron chi connectivity index (χ3n) is 3.91. The van der Waals surface area contributed by atoms with Crippen molar-refractivity contribution in [2.24, 2.45) is 0 Å². The van der Waals surface area contributed by atoms with Crippen LogP contribution < -0.4 is 20.1 Å². The zero-order valence-electron chi connectivity index (χ0n) is 13.8. The van der Waals surface area contributed by atoms with Crippen LogP contribution in [-0.2, 0) is 0 Å². The molecular weight excluding hydrogens is 316 g/mol. The monoisotopic (exact) mass is 340 g/mol. The van der Waals surface area contributed by atoms with E-state index in [4.69, 9.17) is 21.1 Å². The van der Waals surface area contributed by atoms with Gasteiger partial charge in [-0.2, -0.15) is 0 Å². The number of halogens is 1. The summed E-state index contributed by atoms with van der Waals surface area (Å²) in [5.41, 5.74) is 0.494.